The Labute approximate surface area is 132 Å². The standard InChI is InChI=1S/C17H26N2O3/c1-12(2)11-14(17(3,4)16(21)22-5)18-19-15(20)13-9-7-6-8-10-13/h6-10,12,14,18H,11H2,1-5H3,(H,19,20). The lowest BCUT2D eigenvalue weighted by Gasteiger charge is -2.33. The summed E-state index contributed by atoms with van der Waals surface area (Å²) in [6, 6.07) is 8.71. The van der Waals surface area contributed by atoms with Crippen molar-refractivity contribution in [3.63, 3.8) is 0 Å². The van der Waals surface area contributed by atoms with E-state index in [1.54, 1.807) is 24.3 Å². The first-order valence-electron chi connectivity index (χ1n) is 7.48. The average Bonchev–Trinajstić information content (AvgIpc) is 2.50. The van der Waals surface area contributed by atoms with E-state index in [9.17, 15) is 9.59 Å². The van der Waals surface area contributed by atoms with Crippen molar-refractivity contribution in [2.75, 3.05) is 7.11 Å². The maximum atomic E-state index is 12.1. The highest BCUT2D eigenvalue weighted by atomic mass is 16.5. The molecular formula is C17H26N2O3. The molecule has 0 spiro atoms. The minimum atomic E-state index is -0.747. The van der Waals surface area contributed by atoms with E-state index in [-0.39, 0.29) is 17.9 Å². The van der Waals surface area contributed by atoms with Gasteiger partial charge in [-0.15, -0.1) is 0 Å². The van der Waals surface area contributed by atoms with Crippen LogP contribution in [0.15, 0.2) is 30.3 Å². The van der Waals surface area contributed by atoms with Gasteiger partial charge in [0.15, 0.2) is 0 Å². The van der Waals surface area contributed by atoms with Crippen molar-refractivity contribution >= 4 is 11.9 Å². The SMILES string of the molecule is COC(=O)C(C)(C)C(CC(C)C)NNC(=O)c1ccccc1. The van der Waals surface area contributed by atoms with Gasteiger partial charge in [0.05, 0.1) is 12.5 Å². The second-order valence-electron chi connectivity index (χ2n) is 6.36. The smallest absolute Gasteiger partial charge is 0.312 e. The van der Waals surface area contributed by atoms with E-state index in [0.717, 1.165) is 6.42 Å². The van der Waals surface area contributed by atoms with Crippen LogP contribution < -0.4 is 10.9 Å². The van der Waals surface area contributed by atoms with Crippen molar-refractivity contribution in [2.24, 2.45) is 11.3 Å². The second-order valence-corrected chi connectivity index (χ2v) is 6.36. The van der Waals surface area contributed by atoms with Crippen LogP contribution in [0.5, 0.6) is 0 Å². The van der Waals surface area contributed by atoms with Gasteiger partial charge in [-0.2, -0.15) is 0 Å². The van der Waals surface area contributed by atoms with Gasteiger partial charge in [-0.05, 0) is 38.3 Å². The maximum absolute atomic E-state index is 12.1. The van der Waals surface area contributed by atoms with Crippen LogP contribution in [-0.4, -0.2) is 25.0 Å². The highest BCUT2D eigenvalue weighted by Crippen LogP contribution is 2.26. The predicted molar refractivity (Wildman–Crippen MR) is 86.1 cm³/mol. The molecule has 1 atom stereocenters. The summed E-state index contributed by atoms with van der Waals surface area (Å²) in [4.78, 5) is 24.1. The van der Waals surface area contributed by atoms with Crippen LogP contribution in [0.2, 0.25) is 0 Å². The molecule has 5 heteroatoms. The van der Waals surface area contributed by atoms with Gasteiger partial charge in [-0.25, -0.2) is 5.43 Å². The molecule has 122 valence electrons. The summed E-state index contributed by atoms with van der Waals surface area (Å²) in [6.07, 6.45) is 0.733. The van der Waals surface area contributed by atoms with E-state index in [2.05, 4.69) is 24.7 Å². The first-order chi connectivity index (χ1) is 10.3. The van der Waals surface area contributed by atoms with Gasteiger partial charge in [0.1, 0.15) is 0 Å². The molecule has 0 aliphatic heterocycles. The van der Waals surface area contributed by atoms with Gasteiger partial charge in [-0.3, -0.25) is 15.0 Å². The Bertz CT molecular complexity index is 498. The number of methoxy groups -OCH3 is 1. The fourth-order valence-electron chi connectivity index (χ4n) is 2.23. The van der Waals surface area contributed by atoms with Crippen LogP contribution in [-0.2, 0) is 9.53 Å². The monoisotopic (exact) mass is 306 g/mol. The number of hydrogen-bond acceptors (Lipinski definition) is 4. The lowest BCUT2D eigenvalue weighted by atomic mass is 9.80. The number of nitrogens with one attached hydrogen (secondary N) is 2. The number of hydrogen-bond donors (Lipinski definition) is 2. The highest BCUT2D eigenvalue weighted by Gasteiger charge is 2.38. The van der Waals surface area contributed by atoms with Crippen LogP contribution in [0, 0.1) is 11.3 Å². The third-order valence-electron chi connectivity index (χ3n) is 3.69. The van der Waals surface area contributed by atoms with Crippen molar-refractivity contribution in [3.05, 3.63) is 35.9 Å². The average molecular weight is 306 g/mol. The zero-order chi connectivity index (χ0) is 16.8. The number of carbonyl (C=O) groups is 2. The number of ether oxygens (including phenoxy) is 1. The molecule has 2 N–H and O–H groups in total. The van der Waals surface area contributed by atoms with Crippen LogP contribution in [0.3, 0.4) is 0 Å². The van der Waals surface area contributed by atoms with E-state index in [1.807, 2.05) is 19.9 Å². The molecule has 22 heavy (non-hydrogen) atoms. The van der Waals surface area contributed by atoms with Crippen LogP contribution in [0.1, 0.15) is 44.5 Å². The van der Waals surface area contributed by atoms with Crippen LogP contribution in [0.25, 0.3) is 0 Å². The molecule has 0 heterocycles. The summed E-state index contributed by atoms with van der Waals surface area (Å²) >= 11 is 0. The Morgan fingerprint density at radius 2 is 1.77 bits per heavy atom. The molecule has 1 aromatic carbocycles. The largest absolute Gasteiger partial charge is 0.469 e. The molecular weight excluding hydrogens is 280 g/mol. The molecule has 1 aromatic rings. The van der Waals surface area contributed by atoms with Crippen LogP contribution in [0.4, 0.5) is 0 Å². The number of rotatable bonds is 7. The van der Waals surface area contributed by atoms with Gasteiger partial charge in [0.25, 0.3) is 5.91 Å². The van der Waals surface area contributed by atoms with Gasteiger partial charge in [0, 0.05) is 11.6 Å². The van der Waals surface area contributed by atoms with E-state index >= 15 is 0 Å². The zero-order valence-corrected chi connectivity index (χ0v) is 14.0. The molecule has 0 saturated carbocycles. The fraction of sp³-hybridized carbons (Fsp3) is 0.529. The predicted octanol–water partition coefficient (Wildman–Crippen LogP) is 2.53. The summed E-state index contributed by atoms with van der Waals surface area (Å²) < 4.78 is 4.88. The minimum Gasteiger partial charge on any atom is -0.469 e. The minimum absolute atomic E-state index is 0.227. The Morgan fingerprint density at radius 3 is 2.27 bits per heavy atom. The number of hydrazine groups is 1. The maximum Gasteiger partial charge on any atom is 0.312 e. The lowest BCUT2D eigenvalue weighted by molar-refractivity contribution is -0.153. The molecule has 0 radical (unpaired) electrons. The Kier molecular flexibility index (Phi) is 6.56. The van der Waals surface area contributed by atoms with Gasteiger partial charge >= 0.3 is 5.97 Å². The molecule has 1 rings (SSSR count). The molecule has 0 saturated heterocycles. The van der Waals surface area contributed by atoms with Gasteiger partial charge < -0.3 is 4.74 Å². The van der Waals surface area contributed by atoms with Crippen molar-refractivity contribution in [1.82, 2.24) is 10.9 Å². The summed E-state index contributed by atoms with van der Waals surface area (Å²) in [5.74, 6) is -0.162. The van der Waals surface area contributed by atoms with Crippen molar-refractivity contribution in [3.8, 4) is 0 Å². The Hall–Kier alpha value is -1.88. The highest BCUT2D eigenvalue weighted by molar-refractivity contribution is 5.93. The summed E-state index contributed by atoms with van der Waals surface area (Å²) in [7, 11) is 1.37. The summed E-state index contributed by atoms with van der Waals surface area (Å²) in [6.45, 7) is 7.77. The van der Waals surface area contributed by atoms with Gasteiger partial charge in [-0.1, -0.05) is 32.0 Å². The molecule has 5 nitrogen and oxygen atoms in total. The molecule has 0 bridgehead atoms. The number of benzene rings is 1. The summed E-state index contributed by atoms with van der Waals surface area (Å²) in [5.41, 5.74) is 5.51. The second kappa shape index (κ2) is 7.94. The van der Waals surface area contributed by atoms with Crippen molar-refractivity contribution < 1.29 is 14.3 Å². The Balaban J connectivity index is 2.78. The van der Waals surface area contributed by atoms with Gasteiger partial charge in [0.2, 0.25) is 0 Å². The van der Waals surface area contributed by atoms with E-state index in [4.69, 9.17) is 4.74 Å². The first-order valence-corrected chi connectivity index (χ1v) is 7.48. The third-order valence-corrected chi connectivity index (χ3v) is 3.69. The third kappa shape index (κ3) is 4.84. The normalized spacial score (nSPS) is 12.8. The van der Waals surface area contributed by atoms with Crippen LogP contribution >= 0.6 is 0 Å². The van der Waals surface area contributed by atoms with E-state index < -0.39 is 5.41 Å². The van der Waals surface area contributed by atoms with E-state index in [1.165, 1.54) is 7.11 Å². The topological polar surface area (TPSA) is 67.4 Å². The molecule has 0 fully saturated rings. The number of carbonyl (C=O) groups excluding carboxylic acids is 2. The van der Waals surface area contributed by atoms with E-state index in [0.29, 0.717) is 11.5 Å². The lowest BCUT2D eigenvalue weighted by Crippen LogP contribution is -2.54. The first kappa shape index (κ1) is 18.2. The zero-order valence-electron chi connectivity index (χ0n) is 14.0. The number of amides is 1. The number of esters is 1. The quantitative estimate of drug-likeness (QED) is 0.600. The van der Waals surface area contributed by atoms with Crippen molar-refractivity contribution in [1.29, 1.82) is 0 Å². The fourth-order valence-corrected chi connectivity index (χ4v) is 2.23. The Morgan fingerprint density at radius 1 is 1.18 bits per heavy atom. The summed E-state index contributed by atoms with van der Waals surface area (Å²) in [5, 5.41) is 0. The molecule has 1 amide bonds. The molecule has 0 aliphatic rings. The van der Waals surface area contributed by atoms with Crippen molar-refractivity contribution in [2.45, 2.75) is 40.2 Å². The molecule has 1 unspecified atom stereocenters. The molecule has 0 aromatic heterocycles. The molecule has 0 aliphatic carbocycles.